The summed E-state index contributed by atoms with van der Waals surface area (Å²) in [5.74, 6) is 1.32. The van der Waals surface area contributed by atoms with Gasteiger partial charge in [0.2, 0.25) is 5.91 Å². The van der Waals surface area contributed by atoms with Crippen LogP contribution in [0.2, 0.25) is 0 Å². The zero-order valence-corrected chi connectivity index (χ0v) is 16.6. The first-order chi connectivity index (χ1) is 13.1. The van der Waals surface area contributed by atoms with Gasteiger partial charge in [0.1, 0.15) is 5.82 Å². The van der Waals surface area contributed by atoms with E-state index in [0.717, 1.165) is 44.3 Å². The second-order valence-corrected chi connectivity index (χ2v) is 7.67. The van der Waals surface area contributed by atoms with Gasteiger partial charge in [-0.2, -0.15) is 0 Å². The van der Waals surface area contributed by atoms with Crippen molar-refractivity contribution < 1.29 is 14.3 Å². The number of nitrogens with zero attached hydrogens (tertiary/aromatic N) is 4. The number of ether oxygens (including phenoxy) is 1. The van der Waals surface area contributed by atoms with Crippen molar-refractivity contribution in [1.29, 1.82) is 0 Å². The summed E-state index contributed by atoms with van der Waals surface area (Å²) in [4.78, 5) is 33.5. The molecular weight excluding hydrogens is 344 g/mol. The number of aromatic nitrogens is 2. The van der Waals surface area contributed by atoms with Crippen LogP contribution in [0, 0.1) is 5.92 Å². The van der Waals surface area contributed by atoms with Gasteiger partial charge in [0.15, 0.2) is 0 Å². The molecule has 1 aromatic heterocycles. The molecule has 150 valence electrons. The van der Waals surface area contributed by atoms with Crippen molar-refractivity contribution >= 4 is 12.0 Å². The predicted molar refractivity (Wildman–Crippen MR) is 102 cm³/mol. The quantitative estimate of drug-likeness (QED) is 0.792. The summed E-state index contributed by atoms with van der Waals surface area (Å²) in [6.45, 7) is 4.03. The first-order valence-corrected chi connectivity index (χ1v) is 10.3. The van der Waals surface area contributed by atoms with E-state index in [1.165, 1.54) is 6.42 Å². The van der Waals surface area contributed by atoms with E-state index in [4.69, 9.17) is 4.74 Å². The predicted octanol–water partition coefficient (Wildman–Crippen LogP) is 2.95. The Morgan fingerprint density at radius 1 is 1.19 bits per heavy atom. The molecule has 0 unspecified atom stereocenters. The summed E-state index contributed by atoms with van der Waals surface area (Å²) in [7, 11) is 1.97. The van der Waals surface area contributed by atoms with Gasteiger partial charge in [0.25, 0.3) is 0 Å². The molecule has 2 aliphatic rings. The Kier molecular flexibility index (Phi) is 6.74. The highest BCUT2D eigenvalue weighted by Crippen LogP contribution is 2.29. The molecule has 2 fully saturated rings. The van der Waals surface area contributed by atoms with Crippen LogP contribution in [-0.2, 0) is 23.1 Å². The Bertz CT molecular complexity index is 631. The maximum absolute atomic E-state index is 13.3. The number of likely N-dealkylation sites (tertiary alicyclic amines) is 1. The molecular formula is C20H32N4O3. The second-order valence-electron chi connectivity index (χ2n) is 7.67. The van der Waals surface area contributed by atoms with E-state index in [1.807, 2.05) is 29.6 Å². The van der Waals surface area contributed by atoms with E-state index in [-0.39, 0.29) is 24.0 Å². The average molecular weight is 377 g/mol. The lowest BCUT2D eigenvalue weighted by atomic mass is 9.87. The molecule has 0 spiro atoms. The van der Waals surface area contributed by atoms with E-state index < -0.39 is 0 Å². The van der Waals surface area contributed by atoms with E-state index in [0.29, 0.717) is 26.2 Å². The molecule has 0 aromatic carbocycles. The normalized spacial score (nSPS) is 19.1. The molecule has 1 saturated carbocycles. The standard InChI is InChI=1S/C20H32N4O3/c1-3-27-20(26)23-12-9-17(10-13-23)24(15-18-21-11-14-22(18)2)19(25)16-7-5-4-6-8-16/h11,14,16-17H,3-10,12-13,15H2,1-2H3. The highest BCUT2D eigenvalue weighted by atomic mass is 16.6. The Balaban J connectivity index is 1.69. The minimum atomic E-state index is -0.245. The molecule has 2 amide bonds. The Morgan fingerprint density at radius 3 is 2.48 bits per heavy atom. The van der Waals surface area contributed by atoms with Crippen molar-refractivity contribution in [3.8, 4) is 0 Å². The number of hydrogen-bond donors (Lipinski definition) is 0. The van der Waals surface area contributed by atoms with Crippen LogP contribution in [0.15, 0.2) is 12.4 Å². The summed E-state index contributed by atoms with van der Waals surface area (Å²) in [6, 6.07) is 0.154. The van der Waals surface area contributed by atoms with Crippen molar-refractivity contribution in [2.45, 2.75) is 64.5 Å². The lowest BCUT2D eigenvalue weighted by Gasteiger charge is -2.40. The molecule has 7 heteroatoms. The molecule has 1 aliphatic carbocycles. The SMILES string of the molecule is CCOC(=O)N1CCC(N(Cc2nccn2C)C(=O)C2CCCCC2)CC1. The van der Waals surface area contributed by atoms with Crippen molar-refractivity contribution in [2.24, 2.45) is 13.0 Å². The summed E-state index contributed by atoms with van der Waals surface area (Å²) in [5.41, 5.74) is 0. The van der Waals surface area contributed by atoms with E-state index >= 15 is 0 Å². The first kappa shape index (κ1) is 19.7. The van der Waals surface area contributed by atoms with Gasteiger partial charge >= 0.3 is 6.09 Å². The fourth-order valence-electron chi connectivity index (χ4n) is 4.25. The Morgan fingerprint density at radius 2 is 1.89 bits per heavy atom. The van der Waals surface area contributed by atoms with Crippen molar-refractivity contribution in [3.63, 3.8) is 0 Å². The van der Waals surface area contributed by atoms with Crippen molar-refractivity contribution in [2.75, 3.05) is 19.7 Å². The summed E-state index contributed by atoms with van der Waals surface area (Å²) in [5, 5.41) is 0. The molecule has 27 heavy (non-hydrogen) atoms. The van der Waals surface area contributed by atoms with Gasteiger partial charge in [0.05, 0.1) is 13.2 Å². The minimum absolute atomic E-state index is 0.141. The molecule has 0 radical (unpaired) electrons. The third-order valence-electron chi connectivity index (χ3n) is 5.90. The van der Waals surface area contributed by atoms with Gasteiger partial charge in [0, 0.05) is 44.5 Å². The van der Waals surface area contributed by atoms with Crippen LogP contribution in [0.1, 0.15) is 57.7 Å². The molecule has 3 rings (SSSR count). The largest absolute Gasteiger partial charge is 0.450 e. The van der Waals surface area contributed by atoms with Gasteiger partial charge in [-0.25, -0.2) is 9.78 Å². The van der Waals surface area contributed by atoms with Crippen LogP contribution >= 0.6 is 0 Å². The van der Waals surface area contributed by atoms with Crippen LogP contribution in [0.5, 0.6) is 0 Å². The highest BCUT2D eigenvalue weighted by molar-refractivity contribution is 5.79. The number of imidazole rings is 1. The Hall–Kier alpha value is -2.05. The van der Waals surface area contributed by atoms with E-state index in [9.17, 15) is 9.59 Å². The van der Waals surface area contributed by atoms with Crippen molar-refractivity contribution in [1.82, 2.24) is 19.4 Å². The lowest BCUT2D eigenvalue weighted by Crippen LogP contribution is -2.50. The number of rotatable bonds is 5. The summed E-state index contributed by atoms with van der Waals surface area (Å²) >= 11 is 0. The molecule has 1 aromatic rings. The van der Waals surface area contributed by atoms with Gasteiger partial charge in [-0.05, 0) is 32.6 Å². The fraction of sp³-hybridized carbons (Fsp3) is 0.750. The summed E-state index contributed by atoms with van der Waals surface area (Å²) < 4.78 is 7.09. The van der Waals surface area contributed by atoms with Crippen LogP contribution in [0.3, 0.4) is 0 Å². The number of amides is 2. The van der Waals surface area contributed by atoms with Crippen LogP contribution in [-0.4, -0.2) is 57.1 Å². The van der Waals surface area contributed by atoms with E-state index in [2.05, 4.69) is 4.98 Å². The summed E-state index contributed by atoms with van der Waals surface area (Å²) in [6.07, 6.45) is 10.6. The molecule has 0 N–H and O–H groups in total. The third-order valence-corrected chi connectivity index (χ3v) is 5.90. The second kappa shape index (κ2) is 9.24. The average Bonchev–Trinajstić information content (AvgIpc) is 3.11. The van der Waals surface area contributed by atoms with E-state index in [1.54, 1.807) is 11.1 Å². The van der Waals surface area contributed by atoms with Crippen LogP contribution in [0.4, 0.5) is 4.79 Å². The number of hydrogen-bond acceptors (Lipinski definition) is 4. The smallest absolute Gasteiger partial charge is 0.409 e. The van der Waals surface area contributed by atoms with Crippen molar-refractivity contribution in [3.05, 3.63) is 18.2 Å². The zero-order valence-electron chi connectivity index (χ0n) is 16.6. The molecule has 0 atom stereocenters. The number of aryl methyl sites for hydroxylation is 1. The number of piperidine rings is 1. The maximum atomic E-state index is 13.3. The number of carbonyl (C=O) groups is 2. The molecule has 1 saturated heterocycles. The minimum Gasteiger partial charge on any atom is -0.450 e. The van der Waals surface area contributed by atoms with Gasteiger partial charge in [-0.1, -0.05) is 19.3 Å². The molecule has 1 aliphatic heterocycles. The van der Waals surface area contributed by atoms with Gasteiger partial charge in [-0.3, -0.25) is 4.79 Å². The number of carbonyl (C=O) groups excluding carboxylic acids is 2. The molecule has 2 heterocycles. The highest BCUT2D eigenvalue weighted by Gasteiger charge is 2.34. The molecule has 0 bridgehead atoms. The third kappa shape index (κ3) is 4.82. The van der Waals surface area contributed by atoms with Gasteiger partial charge in [-0.15, -0.1) is 0 Å². The first-order valence-electron chi connectivity index (χ1n) is 10.3. The topological polar surface area (TPSA) is 67.7 Å². The van der Waals surface area contributed by atoms with Crippen LogP contribution in [0.25, 0.3) is 0 Å². The zero-order chi connectivity index (χ0) is 19.2. The fourth-order valence-corrected chi connectivity index (χ4v) is 4.25. The van der Waals surface area contributed by atoms with Gasteiger partial charge < -0.3 is 19.1 Å². The molecule has 7 nitrogen and oxygen atoms in total. The van der Waals surface area contributed by atoms with Crippen LogP contribution < -0.4 is 0 Å². The lowest BCUT2D eigenvalue weighted by molar-refractivity contribution is -0.140. The monoisotopic (exact) mass is 376 g/mol. The maximum Gasteiger partial charge on any atom is 0.409 e. The Labute approximate surface area is 161 Å².